The van der Waals surface area contributed by atoms with Crippen LogP contribution in [0.25, 0.3) is 22.0 Å². The molecular formula is C28H30F2N4O3S. The Morgan fingerprint density at radius 3 is 2.45 bits per heavy atom. The molecule has 0 radical (unpaired) electrons. The van der Waals surface area contributed by atoms with Crippen LogP contribution in [0.5, 0.6) is 0 Å². The number of benzene rings is 2. The smallest absolute Gasteiger partial charge is 0.274 e. The third-order valence-corrected chi connectivity index (χ3v) is 8.40. The number of anilines is 1. The van der Waals surface area contributed by atoms with E-state index >= 15 is 0 Å². The second-order valence-electron chi connectivity index (χ2n) is 10.0. The molecule has 0 unspecified atom stereocenters. The molecule has 200 valence electrons. The van der Waals surface area contributed by atoms with E-state index in [9.17, 15) is 22.0 Å². The summed E-state index contributed by atoms with van der Waals surface area (Å²) in [7, 11) is -1.77. The molecule has 38 heavy (non-hydrogen) atoms. The summed E-state index contributed by atoms with van der Waals surface area (Å²) in [5.41, 5.74) is 3.01. The molecule has 0 amide bonds. The number of hydrogen-bond donors (Lipinski definition) is 3. The molecule has 10 heteroatoms. The SMILES string of the molecule is Cn1cc(-c2cc(S(C)(=O)=O)ccc2NC2CCC(NCc3ccc(F)cc3F)CC2)c2cc[nH]c2c1=O. The predicted octanol–water partition coefficient (Wildman–Crippen LogP) is 4.73. The number of hydrogen-bond acceptors (Lipinski definition) is 5. The van der Waals surface area contributed by atoms with E-state index < -0.39 is 21.5 Å². The average Bonchev–Trinajstić information content (AvgIpc) is 3.37. The minimum Gasteiger partial charge on any atom is -0.382 e. The fraction of sp³-hybridized carbons (Fsp3) is 0.321. The van der Waals surface area contributed by atoms with E-state index in [1.807, 2.05) is 6.07 Å². The zero-order valence-corrected chi connectivity index (χ0v) is 22.0. The summed E-state index contributed by atoms with van der Waals surface area (Å²) in [6.07, 6.45) is 8.10. The molecule has 3 N–H and O–H groups in total. The Bertz CT molecular complexity index is 1650. The first-order valence-corrected chi connectivity index (χ1v) is 14.4. The van der Waals surface area contributed by atoms with Crippen molar-refractivity contribution in [3.05, 3.63) is 82.4 Å². The number of fused-ring (bicyclic) bond motifs is 1. The van der Waals surface area contributed by atoms with Crippen molar-refractivity contribution in [1.82, 2.24) is 14.9 Å². The van der Waals surface area contributed by atoms with Crippen molar-refractivity contribution in [3.8, 4) is 11.1 Å². The zero-order chi connectivity index (χ0) is 27.0. The van der Waals surface area contributed by atoms with E-state index in [4.69, 9.17) is 0 Å². The Kier molecular flexibility index (Phi) is 7.11. The Morgan fingerprint density at radius 2 is 1.74 bits per heavy atom. The number of nitrogens with zero attached hydrogens (tertiary/aromatic N) is 1. The summed E-state index contributed by atoms with van der Waals surface area (Å²) in [6, 6.07) is 10.9. The number of rotatable bonds is 7. The van der Waals surface area contributed by atoms with Gasteiger partial charge in [0.2, 0.25) is 0 Å². The lowest BCUT2D eigenvalue weighted by Crippen LogP contribution is -2.36. The van der Waals surface area contributed by atoms with Gasteiger partial charge in [0.05, 0.1) is 4.90 Å². The summed E-state index contributed by atoms with van der Waals surface area (Å²) in [5.74, 6) is -1.13. The first-order valence-electron chi connectivity index (χ1n) is 12.5. The molecule has 2 aromatic carbocycles. The zero-order valence-electron chi connectivity index (χ0n) is 21.2. The van der Waals surface area contributed by atoms with Crippen LogP contribution in [0.2, 0.25) is 0 Å². The Balaban J connectivity index is 1.36. The van der Waals surface area contributed by atoms with Crippen molar-refractivity contribution >= 4 is 26.4 Å². The molecule has 5 rings (SSSR count). The van der Waals surface area contributed by atoms with Crippen LogP contribution in [0, 0.1) is 11.6 Å². The van der Waals surface area contributed by atoms with Gasteiger partial charge in [-0.25, -0.2) is 17.2 Å². The number of aromatic nitrogens is 2. The summed E-state index contributed by atoms with van der Waals surface area (Å²) in [4.78, 5) is 15.8. The number of H-pyrrole nitrogens is 1. The number of aryl methyl sites for hydroxylation is 1. The molecule has 1 aliphatic rings. The monoisotopic (exact) mass is 540 g/mol. The number of halogens is 2. The topological polar surface area (TPSA) is 96.0 Å². The first-order chi connectivity index (χ1) is 18.1. The number of sulfone groups is 1. The lowest BCUT2D eigenvalue weighted by Gasteiger charge is -2.31. The number of pyridine rings is 1. The van der Waals surface area contributed by atoms with Crippen molar-refractivity contribution in [2.75, 3.05) is 11.6 Å². The average molecular weight is 541 g/mol. The van der Waals surface area contributed by atoms with Gasteiger partial charge in [0, 0.05) is 78.2 Å². The fourth-order valence-electron chi connectivity index (χ4n) is 5.17. The van der Waals surface area contributed by atoms with Crippen LogP contribution in [-0.2, 0) is 23.4 Å². The van der Waals surface area contributed by atoms with Crippen LogP contribution in [-0.4, -0.2) is 36.3 Å². The molecule has 1 saturated carbocycles. The second kappa shape index (κ2) is 10.3. The van der Waals surface area contributed by atoms with E-state index in [0.29, 0.717) is 23.2 Å². The number of nitrogens with one attached hydrogen (secondary N) is 3. The molecule has 1 aliphatic carbocycles. The van der Waals surface area contributed by atoms with Gasteiger partial charge in [-0.1, -0.05) is 6.07 Å². The predicted molar refractivity (Wildman–Crippen MR) is 145 cm³/mol. The molecule has 0 spiro atoms. The largest absolute Gasteiger partial charge is 0.382 e. The van der Waals surface area contributed by atoms with Crippen molar-refractivity contribution in [1.29, 1.82) is 0 Å². The van der Waals surface area contributed by atoms with Crippen molar-refractivity contribution < 1.29 is 17.2 Å². The van der Waals surface area contributed by atoms with Gasteiger partial charge in [-0.2, -0.15) is 0 Å². The Morgan fingerprint density at radius 1 is 1.00 bits per heavy atom. The third-order valence-electron chi connectivity index (χ3n) is 7.29. The summed E-state index contributed by atoms with van der Waals surface area (Å²) in [6.45, 7) is 0.339. The minimum atomic E-state index is -3.44. The highest BCUT2D eigenvalue weighted by molar-refractivity contribution is 7.90. The van der Waals surface area contributed by atoms with Gasteiger partial charge in [0.25, 0.3) is 5.56 Å². The second-order valence-corrected chi connectivity index (χ2v) is 12.0. The third kappa shape index (κ3) is 5.37. The van der Waals surface area contributed by atoms with Gasteiger partial charge in [-0.05, 0) is 56.0 Å². The van der Waals surface area contributed by atoms with Gasteiger partial charge in [-0.15, -0.1) is 0 Å². The lowest BCUT2D eigenvalue weighted by molar-refractivity contribution is 0.351. The number of aromatic amines is 1. The van der Waals surface area contributed by atoms with Crippen molar-refractivity contribution in [3.63, 3.8) is 0 Å². The van der Waals surface area contributed by atoms with Crippen LogP contribution < -0.4 is 16.2 Å². The quantitative estimate of drug-likeness (QED) is 0.315. The Labute approximate surface area is 219 Å². The molecule has 0 saturated heterocycles. The molecule has 2 heterocycles. The van der Waals surface area contributed by atoms with Crippen LogP contribution in [0.1, 0.15) is 31.2 Å². The maximum Gasteiger partial charge on any atom is 0.274 e. The molecule has 7 nitrogen and oxygen atoms in total. The highest BCUT2D eigenvalue weighted by atomic mass is 32.2. The molecule has 2 aromatic heterocycles. The van der Waals surface area contributed by atoms with Gasteiger partial charge in [-0.3, -0.25) is 4.79 Å². The van der Waals surface area contributed by atoms with Gasteiger partial charge in [0.15, 0.2) is 9.84 Å². The first kappa shape index (κ1) is 26.1. The van der Waals surface area contributed by atoms with Crippen molar-refractivity contribution in [2.45, 2.75) is 49.2 Å². The summed E-state index contributed by atoms with van der Waals surface area (Å²) < 4.78 is 53.3. The van der Waals surface area contributed by atoms with Crippen LogP contribution in [0.4, 0.5) is 14.5 Å². The van der Waals surface area contributed by atoms with E-state index in [2.05, 4.69) is 15.6 Å². The van der Waals surface area contributed by atoms with Gasteiger partial charge < -0.3 is 20.2 Å². The van der Waals surface area contributed by atoms with E-state index in [0.717, 1.165) is 48.4 Å². The van der Waals surface area contributed by atoms with Crippen LogP contribution in [0.3, 0.4) is 0 Å². The maximum absolute atomic E-state index is 14.0. The highest BCUT2D eigenvalue weighted by Gasteiger charge is 2.23. The summed E-state index contributed by atoms with van der Waals surface area (Å²) in [5, 5.41) is 7.71. The van der Waals surface area contributed by atoms with E-state index in [1.165, 1.54) is 23.0 Å². The van der Waals surface area contributed by atoms with Gasteiger partial charge >= 0.3 is 0 Å². The molecule has 0 bridgehead atoms. The molecule has 0 aliphatic heterocycles. The van der Waals surface area contributed by atoms with E-state index in [1.54, 1.807) is 37.6 Å². The normalized spacial score (nSPS) is 18.1. The van der Waals surface area contributed by atoms with Gasteiger partial charge in [0.1, 0.15) is 17.2 Å². The Hall–Kier alpha value is -3.50. The molecule has 1 fully saturated rings. The maximum atomic E-state index is 14.0. The summed E-state index contributed by atoms with van der Waals surface area (Å²) >= 11 is 0. The lowest BCUT2D eigenvalue weighted by atomic mass is 9.90. The van der Waals surface area contributed by atoms with Crippen LogP contribution in [0.15, 0.2) is 64.5 Å². The van der Waals surface area contributed by atoms with Crippen LogP contribution >= 0.6 is 0 Å². The van der Waals surface area contributed by atoms with Crippen molar-refractivity contribution in [2.24, 2.45) is 7.05 Å². The molecular weight excluding hydrogens is 510 g/mol. The molecule has 0 atom stereocenters. The standard InChI is InChI=1S/C28H30F2N4O3S/c1-34-16-24(22-11-12-31-27(22)28(34)35)23-14-21(38(2,36)37)9-10-26(23)33-20-7-5-19(6-8-20)32-15-17-3-4-18(29)13-25(17)30/h3-4,9-14,16,19-20,31-33H,5-8,15H2,1-2H3. The molecule has 4 aromatic rings. The van der Waals surface area contributed by atoms with E-state index in [-0.39, 0.29) is 22.5 Å². The fourth-order valence-corrected chi connectivity index (χ4v) is 5.81. The minimum absolute atomic E-state index is 0.158. The highest BCUT2D eigenvalue weighted by Crippen LogP contribution is 2.36.